The average Bonchev–Trinajstić information content (AvgIpc) is 2.98. The van der Waals surface area contributed by atoms with Gasteiger partial charge in [0.05, 0.1) is 13.0 Å². The van der Waals surface area contributed by atoms with E-state index in [4.69, 9.17) is 4.74 Å². The van der Waals surface area contributed by atoms with E-state index in [2.05, 4.69) is 5.32 Å². The Hall–Kier alpha value is -2.82. The van der Waals surface area contributed by atoms with Gasteiger partial charge in [0.25, 0.3) is 0 Å². The van der Waals surface area contributed by atoms with Gasteiger partial charge >= 0.3 is 0 Å². The molecular weight excluding hydrogens is 304 g/mol. The molecular formula is C19H20N2O3. The highest BCUT2D eigenvalue weighted by atomic mass is 16.5. The highest BCUT2D eigenvalue weighted by Crippen LogP contribution is 2.28. The second kappa shape index (κ2) is 6.74. The van der Waals surface area contributed by atoms with Gasteiger partial charge in [-0.25, -0.2) is 0 Å². The third kappa shape index (κ3) is 3.25. The first-order valence-corrected chi connectivity index (χ1v) is 7.89. The summed E-state index contributed by atoms with van der Waals surface area (Å²) in [4.78, 5) is 26.5. The lowest BCUT2D eigenvalue weighted by molar-refractivity contribution is -0.122. The molecule has 24 heavy (non-hydrogen) atoms. The Morgan fingerprint density at radius 2 is 1.88 bits per heavy atom. The van der Waals surface area contributed by atoms with Crippen LogP contribution in [0.3, 0.4) is 0 Å². The standard InChI is InChI=1S/C19H20N2O3/c1-13-5-3-4-6-17(13)21-12-14(11-18(21)22)19(23)20-15-7-9-16(24-2)10-8-15/h3-10,14H,11-12H2,1-2H3,(H,20,23). The fourth-order valence-electron chi connectivity index (χ4n) is 2.90. The van der Waals surface area contributed by atoms with Gasteiger partial charge in [-0.05, 0) is 42.8 Å². The summed E-state index contributed by atoms with van der Waals surface area (Å²) in [5, 5.41) is 2.87. The van der Waals surface area contributed by atoms with Crippen LogP contribution in [0.5, 0.6) is 5.75 Å². The van der Waals surface area contributed by atoms with Crippen molar-refractivity contribution in [2.45, 2.75) is 13.3 Å². The van der Waals surface area contributed by atoms with Crippen LogP contribution in [0.2, 0.25) is 0 Å². The molecule has 0 aliphatic carbocycles. The lowest BCUT2D eigenvalue weighted by Crippen LogP contribution is -2.28. The summed E-state index contributed by atoms with van der Waals surface area (Å²) in [7, 11) is 1.60. The van der Waals surface area contributed by atoms with Gasteiger partial charge < -0.3 is 15.0 Å². The molecule has 124 valence electrons. The molecule has 0 aromatic heterocycles. The molecule has 1 heterocycles. The first-order chi connectivity index (χ1) is 11.6. The Kier molecular flexibility index (Phi) is 4.51. The van der Waals surface area contributed by atoms with Crippen molar-refractivity contribution in [2.75, 3.05) is 23.9 Å². The molecule has 0 spiro atoms. The number of hydrogen-bond acceptors (Lipinski definition) is 3. The zero-order chi connectivity index (χ0) is 17.1. The molecule has 1 fully saturated rings. The van der Waals surface area contributed by atoms with Crippen LogP contribution in [0.25, 0.3) is 0 Å². The van der Waals surface area contributed by atoms with Gasteiger partial charge in [-0.15, -0.1) is 0 Å². The SMILES string of the molecule is COc1ccc(NC(=O)C2CC(=O)N(c3ccccc3C)C2)cc1. The van der Waals surface area contributed by atoms with Gasteiger partial charge in [-0.3, -0.25) is 9.59 Å². The number of carbonyl (C=O) groups is 2. The number of benzene rings is 2. The molecule has 0 saturated carbocycles. The minimum atomic E-state index is -0.348. The summed E-state index contributed by atoms with van der Waals surface area (Å²) in [6, 6.07) is 14.9. The quantitative estimate of drug-likeness (QED) is 0.940. The van der Waals surface area contributed by atoms with E-state index in [-0.39, 0.29) is 24.2 Å². The number of ether oxygens (including phenoxy) is 1. The van der Waals surface area contributed by atoms with Crippen molar-refractivity contribution in [2.24, 2.45) is 5.92 Å². The molecule has 2 amide bonds. The van der Waals surface area contributed by atoms with E-state index >= 15 is 0 Å². The highest BCUT2D eigenvalue weighted by molar-refractivity contribution is 6.03. The van der Waals surface area contributed by atoms with Crippen LogP contribution >= 0.6 is 0 Å². The van der Waals surface area contributed by atoms with Crippen molar-refractivity contribution in [3.05, 3.63) is 54.1 Å². The summed E-state index contributed by atoms with van der Waals surface area (Å²) >= 11 is 0. The number of rotatable bonds is 4. The summed E-state index contributed by atoms with van der Waals surface area (Å²) in [6.07, 6.45) is 0.232. The molecule has 1 atom stereocenters. The molecule has 0 radical (unpaired) electrons. The average molecular weight is 324 g/mol. The van der Waals surface area contributed by atoms with Crippen LogP contribution in [0.4, 0.5) is 11.4 Å². The normalized spacial score (nSPS) is 17.0. The van der Waals surface area contributed by atoms with Crippen molar-refractivity contribution in [1.29, 1.82) is 0 Å². The summed E-state index contributed by atoms with van der Waals surface area (Å²) < 4.78 is 5.10. The number of nitrogens with one attached hydrogen (secondary N) is 1. The van der Waals surface area contributed by atoms with E-state index < -0.39 is 0 Å². The van der Waals surface area contributed by atoms with E-state index in [1.54, 1.807) is 36.3 Å². The monoisotopic (exact) mass is 324 g/mol. The van der Waals surface area contributed by atoms with Crippen molar-refractivity contribution in [1.82, 2.24) is 0 Å². The third-order valence-electron chi connectivity index (χ3n) is 4.26. The van der Waals surface area contributed by atoms with Crippen LogP contribution in [-0.2, 0) is 9.59 Å². The number of carbonyl (C=O) groups excluding carboxylic acids is 2. The Balaban J connectivity index is 1.68. The fourth-order valence-corrected chi connectivity index (χ4v) is 2.90. The third-order valence-corrected chi connectivity index (χ3v) is 4.26. The zero-order valence-corrected chi connectivity index (χ0v) is 13.8. The molecule has 1 aliphatic rings. The minimum Gasteiger partial charge on any atom is -0.497 e. The maximum atomic E-state index is 12.5. The van der Waals surface area contributed by atoms with Crippen LogP contribution in [0.1, 0.15) is 12.0 Å². The Morgan fingerprint density at radius 3 is 2.54 bits per heavy atom. The number of methoxy groups -OCH3 is 1. The first kappa shape index (κ1) is 16.1. The molecule has 3 rings (SSSR count). The lowest BCUT2D eigenvalue weighted by atomic mass is 10.1. The second-order valence-electron chi connectivity index (χ2n) is 5.91. The predicted molar refractivity (Wildman–Crippen MR) is 93.3 cm³/mol. The maximum absolute atomic E-state index is 12.5. The Morgan fingerprint density at radius 1 is 1.17 bits per heavy atom. The minimum absolute atomic E-state index is 0.0146. The van der Waals surface area contributed by atoms with Crippen LogP contribution in [0, 0.1) is 12.8 Å². The maximum Gasteiger partial charge on any atom is 0.229 e. The number of amides is 2. The Labute approximate surface area is 141 Å². The van der Waals surface area contributed by atoms with Gasteiger partial charge in [0.15, 0.2) is 0 Å². The van der Waals surface area contributed by atoms with Gasteiger partial charge in [0, 0.05) is 24.3 Å². The van der Waals surface area contributed by atoms with Gasteiger partial charge in [-0.2, -0.15) is 0 Å². The summed E-state index contributed by atoms with van der Waals surface area (Å²) in [5.41, 5.74) is 2.60. The van der Waals surface area contributed by atoms with Crippen molar-refractivity contribution in [3.63, 3.8) is 0 Å². The summed E-state index contributed by atoms with van der Waals surface area (Å²) in [6.45, 7) is 2.37. The van der Waals surface area contributed by atoms with Crippen LogP contribution < -0.4 is 15.0 Å². The van der Waals surface area contributed by atoms with E-state index in [1.807, 2.05) is 31.2 Å². The molecule has 5 heteroatoms. The van der Waals surface area contributed by atoms with E-state index in [0.717, 1.165) is 17.0 Å². The molecule has 2 aromatic rings. The first-order valence-electron chi connectivity index (χ1n) is 7.89. The molecule has 1 aliphatic heterocycles. The molecule has 5 nitrogen and oxygen atoms in total. The molecule has 0 bridgehead atoms. The Bertz CT molecular complexity index is 755. The molecule has 1 N–H and O–H groups in total. The summed E-state index contributed by atoms with van der Waals surface area (Å²) in [5.74, 6) is 0.234. The van der Waals surface area contributed by atoms with E-state index in [1.165, 1.54) is 0 Å². The van der Waals surface area contributed by atoms with Crippen molar-refractivity contribution in [3.8, 4) is 5.75 Å². The van der Waals surface area contributed by atoms with Gasteiger partial charge in [0.2, 0.25) is 11.8 Å². The molecule has 1 unspecified atom stereocenters. The fraction of sp³-hybridized carbons (Fsp3) is 0.263. The van der Waals surface area contributed by atoms with Gasteiger partial charge in [0.1, 0.15) is 5.75 Å². The molecule has 2 aromatic carbocycles. The zero-order valence-electron chi connectivity index (χ0n) is 13.8. The predicted octanol–water partition coefficient (Wildman–Crippen LogP) is 3.00. The highest BCUT2D eigenvalue weighted by Gasteiger charge is 2.35. The van der Waals surface area contributed by atoms with Gasteiger partial charge in [-0.1, -0.05) is 18.2 Å². The van der Waals surface area contributed by atoms with Crippen LogP contribution in [0.15, 0.2) is 48.5 Å². The van der Waals surface area contributed by atoms with E-state index in [9.17, 15) is 9.59 Å². The number of aryl methyl sites for hydroxylation is 1. The van der Waals surface area contributed by atoms with Crippen LogP contribution in [-0.4, -0.2) is 25.5 Å². The topological polar surface area (TPSA) is 58.6 Å². The number of anilines is 2. The smallest absolute Gasteiger partial charge is 0.229 e. The second-order valence-corrected chi connectivity index (χ2v) is 5.91. The largest absolute Gasteiger partial charge is 0.497 e. The van der Waals surface area contributed by atoms with Crippen molar-refractivity contribution >= 4 is 23.2 Å². The van der Waals surface area contributed by atoms with Crippen molar-refractivity contribution < 1.29 is 14.3 Å². The number of para-hydroxylation sites is 1. The number of nitrogens with zero attached hydrogens (tertiary/aromatic N) is 1. The number of hydrogen-bond donors (Lipinski definition) is 1. The lowest BCUT2D eigenvalue weighted by Gasteiger charge is -2.19. The molecule has 1 saturated heterocycles. The van der Waals surface area contributed by atoms with E-state index in [0.29, 0.717) is 12.2 Å².